The van der Waals surface area contributed by atoms with Crippen molar-refractivity contribution in [2.75, 3.05) is 0 Å². The van der Waals surface area contributed by atoms with Gasteiger partial charge in [-0.25, -0.2) is 0 Å². The van der Waals surface area contributed by atoms with Crippen LogP contribution in [-0.2, 0) is 0 Å². The van der Waals surface area contributed by atoms with E-state index in [1.54, 1.807) is 17.1 Å². The minimum Gasteiger partial charge on any atom is -0.389 e. The molecule has 0 aromatic rings. The molecule has 0 bridgehead atoms. The largest absolute Gasteiger partial charge is 0.389 e. The molecule has 1 atom stereocenters. The van der Waals surface area contributed by atoms with Crippen molar-refractivity contribution < 1.29 is 5.11 Å². The summed E-state index contributed by atoms with van der Waals surface area (Å²) in [5.74, 6) is 0. The molecule has 0 amide bonds. The number of hydrogen-bond acceptors (Lipinski definition) is 1. The first-order valence-electron chi connectivity index (χ1n) is 1.72. The summed E-state index contributed by atoms with van der Waals surface area (Å²) in [6.07, 6.45) is 1.42. The first kappa shape index (κ1) is 6.43. The van der Waals surface area contributed by atoms with Gasteiger partial charge in [0, 0.05) is 0 Å². The van der Waals surface area contributed by atoms with E-state index in [0.717, 1.165) is 0 Å². The van der Waals surface area contributed by atoms with Crippen LogP contribution in [0.25, 0.3) is 0 Å². The molecule has 0 aromatic heterocycles. The minimum absolute atomic E-state index is 0.290. The fourth-order valence-electron chi connectivity index (χ4n) is 0.105. The summed E-state index contributed by atoms with van der Waals surface area (Å²) in [6, 6.07) is 0. The molecule has 1 N–H and O–H groups in total. The fraction of sp³-hybridized carbons (Fsp3) is 0.500. The lowest BCUT2D eigenvalue weighted by atomic mass is 10.4. The highest BCUT2D eigenvalue weighted by atomic mass is 127. The lowest BCUT2D eigenvalue weighted by Crippen LogP contribution is -1.89. The average Bonchev–Trinajstić information content (AvgIpc) is 1.35. The maximum atomic E-state index is 8.46. The first-order valence-corrected chi connectivity index (χ1v) is 2.97. The van der Waals surface area contributed by atoms with E-state index in [1.807, 2.05) is 0 Å². The monoisotopic (exact) mass is 198 g/mol. The molecule has 0 fully saturated rings. The number of rotatable bonds is 1. The van der Waals surface area contributed by atoms with E-state index >= 15 is 0 Å². The fourth-order valence-corrected chi connectivity index (χ4v) is 0.706. The van der Waals surface area contributed by atoms with E-state index in [1.165, 1.54) is 0 Å². The Morgan fingerprint density at radius 3 is 2.33 bits per heavy atom. The summed E-state index contributed by atoms with van der Waals surface area (Å²) in [4.78, 5) is 0. The molecule has 0 saturated carbocycles. The van der Waals surface area contributed by atoms with Gasteiger partial charge in [0.25, 0.3) is 0 Å². The third-order valence-electron chi connectivity index (χ3n) is 0.351. The highest BCUT2D eigenvalue weighted by Crippen LogP contribution is 1.87. The van der Waals surface area contributed by atoms with Gasteiger partial charge >= 0.3 is 0 Å². The molecule has 0 radical (unpaired) electrons. The van der Waals surface area contributed by atoms with Gasteiger partial charge < -0.3 is 5.11 Å². The van der Waals surface area contributed by atoms with Crippen LogP contribution in [0.1, 0.15) is 6.92 Å². The van der Waals surface area contributed by atoms with E-state index in [9.17, 15) is 0 Å². The van der Waals surface area contributed by atoms with Gasteiger partial charge in [0.1, 0.15) is 0 Å². The highest BCUT2D eigenvalue weighted by Gasteiger charge is 1.78. The van der Waals surface area contributed by atoms with E-state index in [2.05, 4.69) is 22.6 Å². The summed E-state index contributed by atoms with van der Waals surface area (Å²) >= 11 is 2.06. The van der Waals surface area contributed by atoms with Crippen LogP contribution in [0.2, 0.25) is 0 Å². The summed E-state index contributed by atoms with van der Waals surface area (Å²) in [6.45, 7) is 1.72. The molecule has 1 nitrogen and oxygen atoms in total. The van der Waals surface area contributed by atoms with Gasteiger partial charge in [0.05, 0.1) is 6.10 Å². The van der Waals surface area contributed by atoms with Crippen LogP contribution in [0.3, 0.4) is 0 Å². The molecule has 0 aliphatic rings. The first-order chi connectivity index (χ1) is 2.77. The number of hydrogen-bond donors (Lipinski definition) is 1. The molecule has 36 valence electrons. The van der Waals surface area contributed by atoms with Gasteiger partial charge in [-0.15, -0.1) is 0 Å². The molecule has 6 heavy (non-hydrogen) atoms. The maximum absolute atomic E-state index is 8.46. The second-order valence-corrected chi connectivity index (χ2v) is 1.78. The second kappa shape index (κ2) is 3.61. The van der Waals surface area contributed by atoms with Crippen LogP contribution in [0.4, 0.5) is 0 Å². The third kappa shape index (κ3) is 4.43. The standard InChI is InChI=1S/C4H7IO/c1-4(6)2-3-5/h2-4,6H,1H3/t4-/m1/s1. The number of aliphatic hydroxyl groups is 1. The van der Waals surface area contributed by atoms with Crippen LogP contribution >= 0.6 is 22.6 Å². The van der Waals surface area contributed by atoms with Gasteiger partial charge in [-0.1, -0.05) is 28.7 Å². The Morgan fingerprint density at radius 1 is 1.83 bits per heavy atom. The molecule has 0 aliphatic heterocycles. The van der Waals surface area contributed by atoms with E-state index in [0.29, 0.717) is 0 Å². The van der Waals surface area contributed by atoms with Gasteiger partial charge in [0.15, 0.2) is 0 Å². The molecule has 2 heteroatoms. The Labute approximate surface area is 51.2 Å². The molecule has 0 rings (SSSR count). The molecule has 0 saturated heterocycles. The van der Waals surface area contributed by atoms with Crippen LogP contribution in [-0.4, -0.2) is 11.2 Å². The Balaban J connectivity index is 3.03. The van der Waals surface area contributed by atoms with Gasteiger partial charge in [-0.05, 0) is 11.0 Å². The zero-order chi connectivity index (χ0) is 4.99. The smallest absolute Gasteiger partial charge is 0.0700 e. The van der Waals surface area contributed by atoms with Crippen LogP contribution in [0.5, 0.6) is 0 Å². The molecular formula is C4H7IO. The van der Waals surface area contributed by atoms with E-state index < -0.39 is 0 Å². The third-order valence-corrected chi connectivity index (χ3v) is 0.766. The SMILES string of the molecule is C[C@@H](O)C=CI. The molecule has 0 heterocycles. The Bertz CT molecular complexity index is 49.5. The summed E-state index contributed by atoms with van der Waals surface area (Å²) in [5, 5.41) is 8.46. The summed E-state index contributed by atoms with van der Waals surface area (Å²) in [7, 11) is 0. The average molecular weight is 198 g/mol. The molecule has 0 spiro atoms. The van der Waals surface area contributed by atoms with Crippen molar-refractivity contribution in [3.63, 3.8) is 0 Å². The number of halogens is 1. The maximum Gasteiger partial charge on any atom is 0.0700 e. The van der Waals surface area contributed by atoms with Crippen molar-refractivity contribution in [3.05, 3.63) is 10.2 Å². The lowest BCUT2D eigenvalue weighted by molar-refractivity contribution is 0.244. The van der Waals surface area contributed by atoms with Gasteiger partial charge in [0.2, 0.25) is 0 Å². The predicted molar refractivity (Wildman–Crippen MR) is 34.8 cm³/mol. The minimum atomic E-state index is -0.290. The van der Waals surface area contributed by atoms with Crippen molar-refractivity contribution >= 4 is 22.6 Å². The van der Waals surface area contributed by atoms with Crippen LogP contribution in [0, 0.1) is 0 Å². The number of aliphatic hydroxyl groups excluding tert-OH is 1. The van der Waals surface area contributed by atoms with Crippen LogP contribution < -0.4 is 0 Å². The van der Waals surface area contributed by atoms with Crippen molar-refractivity contribution in [2.24, 2.45) is 0 Å². The van der Waals surface area contributed by atoms with Crippen molar-refractivity contribution in [2.45, 2.75) is 13.0 Å². The summed E-state index contributed by atoms with van der Waals surface area (Å²) < 4.78 is 1.79. The molecular weight excluding hydrogens is 191 g/mol. The van der Waals surface area contributed by atoms with Crippen molar-refractivity contribution in [1.29, 1.82) is 0 Å². The second-order valence-electron chi connectivity index (χ2n) is 1.06. The lowest BCUT2D eigenvalue weighted by Gasteiger charge is -1.86. The Hall–Kier alpha value is 0.430. The van der Waals surface area contributed by atoms with Gasteiger partial charge in [-0.3, -0.25) is 0 Å². The van der Waals surface area contributed by atoms with Crippen molar-refractivity contribution in [1.82, 2.24) is 0 Å². The normalized spacial score (nSPS) is 15.8. The highest BCUT2D eigenvalue weighted by molar-refractivity contribution is 14.1. The van der Waals surface area contributed by atoms with Crippen LogP contribution in [0.15, 0.2) is 10.2 Å². The topological polar surface area (TPSA) is 20.2 Å². The molecule has 0 unspecified atom stereocenters. The quantitative estimate of drug-likeness (QED) is 0.630. The zero-order valence-electron chi connectivity index (χ0n) is 3.56. The molecule has 0 aliphatic carbocycles. The van der Waals surface area contributed by atoms with E-state index in [-0.39, 0.29) is 6.10 Å². The molecule has 0 aromatic carbocycles. The predicted octanol–water partition coefficient (Wildman–Crippen LogP) is 1.32. The zero-order valence-corrected chi connectivity index (χ0v) is 5.71. The van der Waals surface area contributed by atoms with E-state index in [4.69, 9.17) is 5.11 Å². The Morgan fingerprint density at radius 2 is 2.33 bits per heavy atom. The van der Waals surface area contributed by atoms with Gasteiger partial charge in [-0.2, -0.15) is 0 Å². The summed E-state index contributed by atoms with van der Waals surface area (Å²) in [5.41, 5.74) is 0. The van der Waals surface area contributed by atoms with Crippen molar-refractivity contribution in [3.8, 4) is 0 Å². The Kier molecular flexibility index (Phi) is 3.87.